The molecule has 0 heterocycles. The van der Waals surface area contributed by atoms with Crippen molar-refractivity contribution in [2.45, 2.75) is 47.5 Å². The number of rotatable bonds is 13. The van der Waals surface area contributed by atoms with Crippen LogP contribution in [0.1, 0.15) is 57.8 Å². The van der Waals surface area contributed by atoms with Gasteiger partial charge in [-0.25, -0.2) is 0 Å². The zero-order chi connectivity index (χ0) is 21.9. The number of hydrogen-bond donors (Lipinski definition) is 3. The van der Waals surface area contributed by atoms with Gasteiger partial charge in [0.25, 0.3) is 5.91 Å². The van der Waals surface area contributed by atoms with Crippen molar-refractivity contribution in [2.24, 2.45) is 10.8 Å². The van der Waals surface area contributed by atoms with Gasteiger partial charge in [0, 0.05) is 31.3 Å². The van der Waals surface area contributed by atoms with Crippen LogP contribution in [0.25, 0.3) is 0 Å². The second-order valence-corrected chi connectivity index (χ2v) is 8.90. The molecule has 7 nitrogen and oxygen atoms in total. The van der Waals surface area contributed by atoms with Crippen molar-refractivity contribution in [1.29, 1.82) is 0 Å². The topological polar surface area (TPSA) is 96.5 Å². The maximum Gasteiger partial charge on any atom is 0.251 e. The number of benzene rings is 1. The minimum absolute atomic E-state index is 0.0153. The molecule has 0 aliphatic rings. The largest absolute Gasteiger partial charge is 0.380 e. The van der Waals surface area contributed by atoms with Crippen molar-refractivity contribution in [3.05, 3.63) is 29.8 Å². The molecular weight excluding hydrogens is 370 g/mol. The zero-order valence-corrected chi connectivity index (χ0v) is 18.3. The van der Waals surface area contributed by atoms with E-state index in [0.717, 1.165) is 12.8 Å². The first kappa shape index (κ1) is 24.6. The van der Waals surface area contributed by atoms with E-state index < -0.39 is 0 Å². The molecule has 0 aromatic heterocycles. The van der Waals surface area contributed by atoms with Crippen LogP contribution < -0.4 is 16.0 Å². The van der Waals surface area contributed by atoms with Crippen LogP contribution in [0.4, 0.5) is 5.69 Å². The monoisotopic (exact) mass is 405 g/mol. The van der Waals surface area contributed by atoms with Crippen LogP contribution in [-0.4, -0.2) is 44.5 Å². The van der Waals surface area contributed by atoms with E-state index in [1.165, 1.54) is 6.92 Å². The number of carbonyl (C=O) groups excluding carboxylic acids is 3. The summed E-state index contributed by atoms with van der Waals surface area (Å²) in [4.78, 5) is 33.6. The highest BCUT2D eigenvalue weighted by molar-refractivity contribution is 5.94. The van der Waals surface area contributed by atoms with Gasteiger partial charge in [-0.2, -0.15) is 0 Å². The van der Waals surface area contributed by atoms with Crippen molar-refractivity contribution in [1.82, 2.24) is 10.6 Å². The predicted octanol–water partition coefficient (Wildman–Crippen LogP) is 2.97. The average Bonchev–Trinajstić information content (AvgIpc) is 2.61. The SMILES string of the molecule is CC(=O)NCCC(C)(C)COCC(C)(C)CCNC(=O)c1ccc(NC=O)cc1. The molecule has 1 aromatic rings. The summed E-state index contributed by atoms with van der Waals surface area (Å²) in [5, 5.41) is 8.28. The molecule has 0 unspecified atom stereocenters. The molecule has 0 saturated heterocycles. The summed E-state index contributed by atoms with van der Waals surface area (Å²) >= 11 is 0. The van der Waals surface area contributed by atoms with E-state index in [0.29, 0.717) is 44.0 Å². The minimum atomic E-state index is -0.140. The van der Waals surface area contributed by atoms with Gasteiger partial charge in [-0.15, -0.1) is 0 Å². The molecule has 0 bridgehead atoms. The Morgan fingerprint density at radius 1 is 0.931 bits per heavy atom. The van der Waals surface area contributed by atoms with Gasteiger partial charge >= 0.3 is 0 Å². The summed E-state index contributed by atoms with van der Waals surface area (Å²) in [5.41, 5.74) is 1.11. The van der Waals surface area contributed by atoms with Crippen molar-refractivity contribution >= 4 is 23.9 Å². The second kappa shape index (κ2) is 11.6. The van der Waals surface area contributed by atoms with Crippen LogP contribution in [0, 0.1) is 10.8 Å². The first-order chi connectivity index (χ1) is 13.5. The molecule has 0 aliphatic heterocycles. The summed E-state index contributed by atoms with van der Waals surface area (Å²) in [6, 6.07) is 6.74. The standard InChI is InChI=1S/C22H35N3O4/c1-17(27)23-12-10-21(2,3)14-29-15-22(4,5)11-13-24-20(28)18-6-8-19(9-7-18)25-16-26/h6-9,16H,10-15H2,1-5H3,(H,23,27)(H,24,28)(H,25,26). The smallest absolute Gasteiger partial charge is 0.251 e. The summed E-state index contributed by atoms with van der Waals surface area (Å²) in [5.74, 6) is -0.156. The molecule has 1 rings (SSSR count). The quantitative estimate of drug-likeness (QED) is 0.440. The third-order valence-electron chi connectivity index (χ3n) is 4.62. The van der Waals surface area contributed by atoms with E-state index in [1.54, 1.807) is 24.3 Å². The molecule has 7 heteroatoms. The molecule has 0 saturated carbocycles. The number of amides is 3. The molecule has 29 heavy (non-hydrogen) atoms. The van der Waals surface area contributed by atoms with Gasteiger partial charge in [-0.05, 0) is 47.9 Å². The fourth-order valence-corrected chi connectivity index (χ4v) is 2.73. The van der Waals surface area contributed by atoms with Crippen molar-refractivity contribution in [2.75, 3.05) is 31.6 Å². The highest BCUT2D eigenvalue weighted by atomic mass is 16.5. The van der Waals surface area contributed by atoms with Crippen molar-refractivity contribution in [3.8, 4) is 0 Å². The lowest BCUT2D eigenvalue weighted by Crippen LogP contribution is -2.32. The summed E-state index contributed by atoms with van der Waals surface area (Å²) in [6.45, 7) is 12.4. The van der Waals surface area contributed by atoms with Gasteiger partial charge in [0.15, 0.2) is 0 Å². The third-order valence-corrected chi connectivity index (χ3v) is 4.62. The lowest BCUT2D eigenvalue weighted by molar-refractivity contribution is -0.119. The van der Waals surface area contributed by atoms with Crippen LogP contribution in [0.2, 0.25) is 0 Å². The minimum Gasteiger partial charge on any atom is -0.380 e. The molecule has 0 fully saturated rings. The Hall–Kier alpha value is -2.41. The first-order valence-corrected chi connectivity index (χ1v) is 9.95. The van der Waals surface area contributed by atoms with Crippen molar-refractivity contribution < 1.29 is 19.1 Å². The van der Waals surface area contributed by atoms with Gasteiger partial charge in [-0.1, -0.05) is 27.7 Å². The maximum absolute atomic E-state index is 12.2. The molecule has 162 valence electrons. The highest BCUT2D eigenvalue weighted by Gasteiger charge is 2.22. The molecule has 1 aromatic carbocycles. The molecule has 3 amide bonds. The van der Waals surface area contributed by atoms with Gasteiger partial charge in [0.1, 0.15) is 0 Å². The van der Waals surface area contributed by atoms with Gasteiger partial charge in [-0.3, -0.25) is 14.4 Å². The Morgan fingerprint density at radius 3 is 1.93 bits per heavy atom. The Bertz CT molecular complexity index is 669. The maximum atomic E-state index is 12.2. The van der Waals surface area contributed by atoms with E-state index >= 15 is 0 Å². The Balaban J connectivity index is 2.32. The van der Waals surface area contributed by atoms with E-state index in [9.17, 15) is 14.4 Å². The molecule has 0 aliphatic carbocycles. The molecule has 0 atom stereocenters. The average molecular weight is 406 g/mol. The van der Waals surface area contributed by atoms with E-state index in [1.807, 2.05) is 0 Å². The fraction of sp³-hybridized carbons (Fsp3) is 0.591. The lowest BCUT2D eigenvalue weighted by Gasteiger charge is -2.29. The highest BCUT2D eigenvalue weighted by Crippen LogP contribution is 2.24. The predicted molar refractivity (Wildman–Crippen MR) is 115 cm³/mol. The normalized spacial score (nSPS) is 11.6. The number of nitrogens with one attached hydrogen (secondary N) is 3. The fourth-order valence-electron chi connectivity index (χ4n) is 2.73. The second-order valence-electron chi connectivity index (χ2n) is 8.90. The Morgan fingerprint density at radius 2 is 1.45 bits per heavy atom. The number of anilines is 1. The van der Waals surface area contributed by atoms with Gasteiger partial charge < -0.3 is 20.7 Å². The van der Waals surface area contributed by atoms with E-state index in [-0.39, 0.29) is 22.6 Å². The number of carbonyl (C=O) groups is 3. The van der Waals surface area contributed by atoms with Crippen molar-refractivity contribution in [3.63, 3.8) is 0 Å². The molecule has 0 spiro atoms. The Kier molecular flexibility index (Phi) is 9.81. The first-order valence-electron chi connectivity index (χ1n) is 9.95. The number of ether oxygens (including phenoxy) is 1. The third kappa shape index (κ3) is 10.6. The van der Waals surface area contributed by atoms with Gasteiger partial charge in [0.2, 0.25) is 12.3 Å². The summed E-state index contributed by atoms with van der Waals surface area (Å²) < 4.78 is 5.94. The Labute approximate surface area is 174 Å². The summed E-state index contributed by atoms with van der Waals surface area (Å²) in [6.07, 6.45) is 2.24. The summed E-state index contributed by atoms with van der Waals surface area (Å²) in [7, 11) is 0. The van der Waals surface area contributed by atoms with Crippen LogP contribution in [0.3, 0.4) is 0 Å². The van der Waals surface area contributed by atoms with E-state index in [2.05, 4.69) is 43.6 Å². The van der Waals surface area contributed by atoms with Crippen LogP contribution >= 0.6 is 0 Å². The van der Waals surface area contributed by atoms with E-state index in [4.69, 9.17) is 4.74 Å². The zero-order valence-electron chi connectivity index (χ0n) is 18.3. The molecule has 3 N–H and O–H groups in total. The number of hydrogen-bond acceptors (Lipinski definition) is 4. The van der Waals surface area contributed by atoms with Crippen LogP contribution in [0.5, 0.6) is 0 Å². The lowest BCUT2D eigenvalue weighted by atomic mass is 9.89. The molecule has 0 radical (unpaired) electrons. The van der Waals surface area contributed by atoms with Crippen LogP contribution in [-0.2, 0) is 14.3 Å². The molecular formula is C22H35N3O4. The van der Waals surface area contributed by atoms with Gasteiger partial charge in [0.05, 0.1) is 13.2 Å². The van der Waals surface area contributed by atoms with Crippen LogP contribution in [0.15, 0.2) is 24.3 Å².